The first-order valence-corrected chi connectivity index (χ1v) is 6.80. The van der Waals surface area contributed by atoms with Crippen molar-refractivity contribution in [3.63, 3.8) is 0 Å². The van der Waals surface area contributed by atoms with Crippen LogP contribution in [0.5, 0.6) is 0 Å². The number of nitrogen functional groups attached to an aromatic ring is 1. The first kappa shape index (κ1) is 15.7. The molecule has 0 saturated carbocycles. The molecular weight excluding hydrogens is 278 g/mol. The first-order valence-electron chi connectivity index (χ1n) is 6.80. The highest BCUT2D eigenvalue weighted by Gasteiger charge is 2.23. The van der Waals surface area contributed by atoms with Gasteiger partial charge in [0.15, 0.2) is 0 Å². The molecule has 1 fully saturated rings. The predicted octanol–water partition coefficient (Wildman–Crippen LogP) is 0.523. The second kappa shape index (κ2) is 6.36. The highest BCUT2D eigenvalue weighted by molar-refractivity contribution is 5.94. The van der Waals surface area contributed by atoms with E-state index in [1.807, 2.05) is 14.1 Å². The summed E-state index contributed by atoms with van der Waals surface area (Å²) in [5.74, 6) is -2.35. The number of anilines is 1. The maximum Gasteiger partial charge on any atom is 0.251 e. The lowest BCUT2D eigenvalue weighted by molar-refractivity contribution is 0.0880. The zero-order valence-corrected chi connectivity index (χ0v) is 12.2. The minimum absolute atomic E-state index is 0.0639. The van der Waals surface area contributed by atoms with Gasteiger partial charge in [-0.1, -0.05) is 0 Å². The molecule has 116 valence electrons. The summed E-state index contributed by atoms with van der Waals surface area (Å²) in [4.78, 5) is 16.3. The quantitative estimate of drug-likeness (QED) is 0.799. The van der Waals surface area contributed by atoms with E-state index >= 15 is 0 Å². The molecule has 0 bridgehead atoms. The van der Waals surface area contributed by atoms with Crippen molar-refractivity contribution >= 4 is 11.6 Å². The largest absolute Gasteiger partial charge is 0.394 e. The van der Waals surface area contributed by atoms with Crippen molar-refractivity contribution in [3.8, 4) is 0 Å². The van der Waals surface area contributed by atoms with Gasteiger partial charge in [0.2, 0.25) is 0 Å². The Morgan fingerprint density at radius 1 is 1.33 bits per heavy atom. The van der Waals surface area contributed by atoms with Crippen LogP contribution in [0.25, 0.3) is 0 Å². The van der Waals surface area contributed by atoms with Crippen LogP contribution >= 0.6 is 0 Å². The van der Waals surface area contributed by atoms with E-state index in [0.717, 1.165) is 31.8 Å². The number of hydrogen-bond acceptors (Lipinski definition) is 4. The molecule has 1 atom stereocenters. The Hall–Kier alpha value is -1.73. The number of hydrogen-bond donors (Lipinski definition) is 2. The fourth-order valence-corrected chi connectivity index (χ4v) is 2.35. The zero-order valence-electron chi connectivity index (χ0n) is 12.2. The fourth-order valence-electron chi connectivity index (χ4n) is 2.35. The first-order chi connectivity index (χ1) is 9.88. The summed E-state index contributed by atoms with van der Waals surface area (Å²) >= 11 is 0. The van der Waals surface area contributed by atoms with E-state index < -0.39 is 23.2 Å². The monoisotopic (exact) mass is 298 g/mol. The number of amides is 1. The van der Waals surface area contributed by atoms with Crippen LogP contribution in [0.1, 0.15) is 10.4 Å². The number of likely N-dealkylation sites (N-methyl/N-ethyl adjacent to an activating group) is 2. The summed E-state index contributed by atoms with van der Waals surface area (Å²) in [6.45, 7) is 3.16. The van der Waals surface area contributed by atoms with Crippen LogP contribution in [0.4, 0.5) is 14.5 Å². The van der Waals surface area contributed by atoms with Crippen LogP contribution in [0.3, 0.4) is 0 Å². The van der Waals surface area contributed by atoms with E-state index in [1.165, 1.54) is 0 Å². The highest BCUT2D eigenvalue weighted by atomic mass is 19.1. The van der Waals surface area contributed by atoms with E-state index in [1.54, 1.807) is 0 Å². The average Bonchev–Trinajstić information content (AvgIpc) is 2.44. The zero-order chi connectivity index (χ0) is 15.6. The molecule has 0 radical (unpaired) electrons. The third kappa shape index (κ3) is 3.68. The van der Waals surface area contributed by atoms with Crippen LogP contribution in [-0.2, 0) is 0 Å². The van der Waals surface area contributed by atoms with Crippen molar-refractivity contribution in [1.82, 2.24) is 15.1 Å². The molecule has 5 nitrogen and oxygen atoms in total. The van der Waals surface area contributed by atoms with Gasteiger partial charge in [-0.25, -0.2) is 8.78 Å². The van der Waals surface area contributed by atoms with Gasteiger partial charge >= 0.3 is 0 Å². The minimum Gasteiger partial charge on any atom is -0.394 e. The predicted molar refractivity (Wildman–Crippen MR) is 77.0 cm³/mol. The molecule has 0 aromatic heterocycles. The van der Waals surface area contributed by atoms with E-state index in [-0.39, 0.29) is 11.6 Å². The summed E-state index contributed by atoms with van der Waals surface area (Å²) in [6.07, 6.45) is 0. The van der Waals surface area contributed by atoms with Crippen LogP contribution in [0, 0.1) is 11.6 Å². The molecule has 7 heteroatoms. The highest BCUT2D eigenvalue weighted by Crippen LogP contribution is 2.17. The van der Waals surface area contributed by atoms with Gasteiger partial charge in [-0.2, -0.15) is 0 Å². The third-order valence-corrected chi connectivity index (χ3v) is 3.82. The SMILES string of the molecule is CN1CCN(C)C(CNC(=O)c2cc(F)c(N)c(F)c2)C1. The van der Waals surface area contributed by atoms with Crippen LogP contribution in [0.2, 0.25) is 0 Å². The fraction of sp³-hybridized carbons (Fsp3) is 0.500. The molecule has 1 heterocycles. The summed E-state index contributed by atoms with van der Waals surface area (Å²) < 4.78 is 26.7. The van der Waals surface area contributed by atoms with Crippen molar-refractivity contribution < 1.29 is 13.6 Å². The maximum atomic E-state index is 13.3. The van der Waals surface area contributed by atoms with E-state index in [4.69, 9.17) is 5.73 Å². The maximum absolute atomic E-state index is 13.3. The Morgan fingerprint density at radius 2 is 1.95 bits per heavy atom. The van der Waals surface area contributed by atoms with Crippen LogP contribution in [0.15, 0.2) is 12.1 Å². The number of halogens is 2. The second-order valence-electron chi connectivity index (χ2n) is 5.46. The number of nitrogens with one attached hydrogen (secondary N) is 1. The average molecular weight is 298 g/mol. The van der Waals surface area contributed by atoms with Crippen LogP contribution in [-0.4, -0.2) is 62.0 Å². The van der Waals surface area contributed by atoms with Crippen molar-refractivity contribution in [2.45, 2.75) is 6.04 Å². The van der Waals surface area contributed by atoms with Gasteiger partial charge in [-0.15, -0.1) is 0 Å². The van der Waals surface area contributed by atoms with Crippen molar-refractivity contribution in [2.24, 2.45) is 0 Å². The normalized spacial score (nSPS) is 20.5. The Bertz CT molecular complexity index is 515. The summed E-state index contributed by atoms with van der Waals surface area (Å²) in [6, 6.07) is 2.07. The lowest BCUT2D eigenvalue weighted by Crippen LogP contribution is -2.54. The Kier molecular flexibility index (Phi) is 4.74. The Labute approximate surface area is 122 Å². The Balaban J connectivity index is 1.98. The van der Waals surface area contributed by atoms with E-state index in [2.05, 4.69) is 15.1 Å². The number of benzene rings is 1. The Morgan fingerprint density at radius 3 is 2.57 bits per heavy atom. The summed E-state index contributed by atoms with van der Waals surface area (Å²) in [7, 11) is 4.01. The van der Waals surface area contributed by atoms with Crippen molar-refractivity contribution in [3.05, 3.63) is 29.3 Å². The lowest BCUT2D eigenvalue weighted by Gasteiger charge is -2.37. The molecule has 0 spiro atoms. The molecule has 1 saturated heterocycles. The number of carbonyl (C=O) groups excluding carboxylic acids is 1. The van der Waals surface area contributed by atoms with Crippen LogP contribution < -0.4 is 11.1 Å². The van der Waals surface area contributed by atoms with Crippen molar-refractivity contribution in [1.29, 1.82) is 0 Å². The third-order valence-electron chi connectivity index (χ3n) is 3.82. The molecular formula is C14H20F2N4O. The van der Waals surface area contributed by atoms with Gasteiger partial charge in [0.1, 0.15) is 17.3 Å². The lowest BCUT2D eigenvalue weighted by atomic mass is 10.1. The van der Waals surface area contributed by atoms with Gasteiger partial charge < -0.3 is 16.0 Å². The minimum atomic E-state index is -0.922. The number of piperazine rings is 1. The van der Waals surface area contributed by atoms with Gasteiger partial charge in [-0.3, -0.25) is 9.69 Å². The van der Waals surface area contributed by atoms with Crippen molar-refractivity contribution in [2.75, 3.05) is 46.0 Å². The van der Waals surface area contributed by atoms with Gasteiger partial charge in [-0.05, 0) is 26.2 Å². The van der Waals surface area contributed by atoms with Gasteiger partial charge in [0, 0.05) is 37.8 Å². The molecule has 0 aliphatic carbocycles. The number of nitrogens with zero attached hydrogens (tertiary/aromatic N) is 2. The second-order valence-corrected chi connectivity index (χ2v) is 5.46. The summed E-state index contributed by atoms with van der Waals surface area (Å²) in [5.41, 5.74) is 4.55. The van der Waals surface area contributed by atoms with E-state index in [9.17, 15) is 13.6 Å². The van der Waals surface area contributed by atoms with Gasteiger partial charge in [0.05, 0.1) is 0 Å². The smallest absolute Gasteiger partial charge is 0.251 e. The number of carbonyl (C=O) groups is 1. The standard InChI is InChI=1S/C14H20F2N4O/c1-19-3-4-20(2)10(8-19)7-18-14(21)9-5-11(15)13(17)12(16)6-9/h5-6,10H,3-4,7-8,17H2,1-2H3,(H,18,21). The molecule has 2 rings (SSSR count). The molecule has 1 aromatic carbocycles. The molecule has 21 heavy (non-hydrogen) atoms. The molecule has 3 N–H and O–H groups in total. The van der Waals surface area contributed by atoms with E-state index in [0.29, 0.717) is 6.54 Å². The molecule has 1 unspecified atom stereocenters. The molecule has 1 aliphatic heterocycles. The topological polar surface area (TPSA) is 61.6 Å². The molecule has 1 aliphatic rings. The number of rotatable bonds is 3. The summed E-state index contributed by atoms with van der Waals surface area (Å²) in [5, 5.41) is 2.71. The molecule has 1 aromatic rings. The molecule has 1 amide bonds. The van der Waals surface area contributed by atoms with Gasteiger partial charge in [0.25, 0.3) is 5.91 Å². The number of nitrogens with two attached hydrogens (primary N) is 1.